The van der Waals surface area contributed by atoms with Crippen LogP contribution in [0.4, 0.5) is 4.39 Å². The van der Waals surface area contributed by atoms with Crippen LogP contribution in [0.15, 0.2) is 24.3 Å². The van der Waals surface area contributed by atoms with Crippen molar-refractivity contribution in [2.45, 2.75) is 18.8 Å². The number of halogens is 1. The van der Waals surface area contributed by atoms with Crippen molar-refractivity contribution in [2.75, 3.05) is 26.3 Å². The highest BCUT2D eigenvalue weighted by Crippen LogP contribution is 2.43. The summed E-state index contributed by atoms with van der Waals surface area (Å²) < 4.78 is 18.3. The first-order valence-electron chi connectivity index (χ1n) is 6.88. The molecule has 0 radical (unpaired) electrons. The summed E-state index contributed by atoms with van der Waals surface area (Å²) in [7, 11) is 0. The molecule has 1 heterocycles. The molecule has 2 fully saturated rings. The van der Waals surface area contributed by atoms with Crippen LogP contribution in [0.2, 0.25) is 0 Å². The molecule has 1 aromatic rings. The fourth-order valence-corrected chi connectivity index (χ4v) is 2.70. The van der Waals surface area contributed by atoms with Crippen LogP contribution in [0.5, 0.6) is 0 Å². The van der Waals surface area contributed by atoms with Crippen molar-refractivity contribution in [3.05, 3.63) is 35.6 Å². The summed E-state index contributed by atoms with van der Waals surface area (Å²) in [5.74, 6) is 0.258. The molecule has 102 valence electrons. The lowest BCUT2D eigenvalue weighted by atomic mass is 9.92. The van der Waals surface area contributed by atoms with E-state index >= 15 is 0 Å². The van der Waals surface area contributed by atoms with Crippen LogP contribution in [0.25, 0.3) is 0 Å². The summed E-state index contributed by atoms with van der Waals surface area (Å²) in [6.45, 7) is 2.57. The second kappa shape index (κ2) is 5.29. The number of ether oxygens (including phenoxy) is 1. The smallest absolute Gasteiger partial charge is 0.230 e. The average molecular weight is 263 g/mol. The molecule has 1 aliphatic carbocycles. The van der Waals surface area contributed by atoms with Gasteiger partial charge in [0.05, 0.1) is 19.1 Å². The molecule has 1 amide bonds. The van der Waals surface area contributed by atoms with Crippen LogP contribution in [-0.2, 0) is 9.53 Å². The van der Waals surface area contributed by atoms with Crippen molar-refractivity contribution in [2.24, 2.45) is 5.92 Å². The van der Waals surface area contributed by atoms with E-state index in [4.69, 9.17) is 4.74 Å². The van der Waals surface area contributed by atoms with Crippen LogP contribution >= 0.6 is 0 Å². The first-order valence-corrected chi connectivity index (χ1v) is 6.88. The van der Waals surface area contributed by atoms with E-state index in [1.165, 1.54) is 12.1 Å². The number of hydrogen-bond donors (Lipinski definition) is 0. The van der Waals surface area contributed by atoms with Gasteiger partial charge in [0.15, 0.2) is 0 Å². The van der Waals surface area contributed by atoms with Crippen LogP contribution in [0.1, 0.15) is 24.3 Å². The van der Waals surface area contributed by atoms with Gasteiger partial charge in [0, 0.05) is 13.1 Å². The Morgan fingerprint density at radius 1 is 1.21 bits per heavy atom. The number of hydrogen-bond acceptors (Lipinski definition) is 2. The number of benzene rings is 1. The second-order valence-electron chi connectivity index (χ2n) is 5.30. The number of morpholine rings is 1. The first-order chi connectivity index (χ1) is 9.25. The number of rotatable bonds is 3. The van der Waals surface area contributed by atoms with Crippen LogP contribution < -0.4 is 0 Å². The van der Waals surface area contributed by atoms with Gasteiger partial charge in [-0.25, -0.2) is 4.39 Å². The van der Waals surface area contributed by atoms with Crippen molar-refractivity contribution in [1.82, 2.24) is 4.90 Å². The summed E-state index contributed by atoms with van der Waals surface area (Å²) in [6.07, 6.45) is 2.19. The van der Waals surface area contributed by atoms with E-state index in [2.05, 4.69) is 0 Å². The Morgan fingerprint density at radius 3 is 2.42 bits per heavy atom. The lowest BCUT2D eigenvalue weighted by molar-refractivity contribution is -0.137. The maximum Gasteiger partial charge on any atom is 0.230 e. The van der Waals surface area contributed by atoms with Gasteiger partial charge in [0.25, 0.3) is 0 Å². The standard InChI is InChI=1S/C15H18FNO2/c16-13-5-3-12(4-6-13)14(11-1-2-11)15(18)17-7-9-19-10-8-17/h3-6,11,14H,1-2,7-10H2/t14-/m1/s1. The molecular weight excluding hydrogens is 245 g/mol. The van der Waals surface area contributed by atoms with E-state index in [1.54, 1.807) is 12.1 Å². The second-order valence-corrected chi connectivity index (χ2v) is 5.30. The third-order valence-electron chi connectivity index (χ3n) is 3.91. The van der Waals surface area contributed by atoms with E-state index < -0.39 is 0 Å². The van der Waals surface area contributed by atoms with Crippen LogP contribution in [0, 0.1) is 11.7 Å². The van der Waals surface area contributed by atoms with Crippen molar-refractivity contribution in [1.29, 1.82) is 0 Å². The Hall–Kier alpha value is -1.42. The number of amides is 1. The summed E-state index contributed by atoms with van der Waals surface area (Å²) >= 11 is 0. The Labute approximate surface area is 112 Å². The van der Waals surface area contributed by atoms with Gasteiger partial charge in [-0.05, 0) is 36.5 Å². The molecule has 3 rings (SSSR count). The SMILES string of the molecule is O=C([C@@H](c1ccc(F)cc1)C1CC1)N1CCOCC1. The molecule has 1 saturated carbocycles. The zero-order valence-electron chi connectivity index (χ0n) is 10.8. The van der Waals surface area contributed by atoms with Gasteiger partial charge in [-0.2, -0.15) is 0 Å². The zero-order chi connectivity index (χ0) is 13.2. The topological polar surface area (TPSA) is 29.5 Å². The molecule has 1 aromatic carbocycles. The summed E-state index contributed by atoms with van der Waals surface area (Å²) in [5, 5.41) is 0. The van der Waals surface area contributed by atoms with Gasteiger partial charge in [-0.1, -0.05) is 12.1 Å². The number of nitrogens with zero attached hydrogens (tertiary/aromatic N) is 1. The zero-order valence-corrected chi connectivity index (χ0v) is 10.8. The molecule has 1 aliphatic heterocycles. The van der Waals surface area contributed by atoms with Gasteiger partial charge in [-0.3, -0.25) is 4.79 Å². The highest BCUT2D eigenvalue weighted by atomic mass is 19.1. The molecule has 19 heavy (non-hydrogen) atoms. The molecule has 3 nitrogen and oxygen atoms in total. The third-order valence-corrected chi connectivity index (χ3v) is 3.91. The van der Waals surface area contributed by atoms with Gasteiger partial charge >= 0.3 is 0 Å². The molecular formula is C15H18FNO2. The minimum atomic E-state index is -0.253. The molecule has 1 atom stereocenters. The Kier molecular flexibility index (Phi) is 3.51. The van der Waals surface area contributed by atoms with Crippen molar-refractivity contribution in [3.63, 3.8) is 0 Å². The van der Waals surface area contributed by atoms with Crippen molar-refractivity contribution >= 4 is 5.91 Å². The Morgan fingerprint density at radius 2 is 1.84 bits per heavy atom. The maximum atomic E-state index is 13.0. The van der Waals surface area contributed by atoms with E-state index in [9.17, 15) is 9.18 Å². The maximum absolute atomic E-state index is 13.0. The highest BCUT2D eigenvalue weighted by Gasteiger charge is 2.39. The van der Waals surface area contributed by atoms with Gasteiger partial charge in [0.2, 0.25) is 5.91 Å². The predicted octanol–water partition coefficient (Wildman–Crippen LogP) is 2.18. The van der Waals surface area contributed by atoms with Crippen molar-refractivity contribution < 1.29 is 13.9 Å². The van der Waals surface area contributed by atoms with E-state index in [1.807, 2.05) is 4.90 Å². The van der Waals surface area contributed by atoms with Crippen LogP contribution in [-0.4, -0.2) is 37.1 Å². The molecule has 0 aromatic heterocycles. The highest BCUT2D eigenvalue weighted by molar-refractivity contribution is 5.84. The largest absolute Gasteiger partial charge is 0.378 e. The molecule has 1 saturated heterocycles. The number of carbonyl (C=O) groups excluding carboxylic acids is 1. The van der Waals surface area contributed by atoms with Crippen molar-refractivity contribution in [3.8, 4) is 0 Å². The molecule has 0 N–H and O–H groups in total. The first kappa shape index (κ1) is 12.6. The van der Waals surface area contributed by atoms with Gasteiger partial charge in [0.1, 0.15) is 5.82 Å². The van der Waals surface area contributed by atoms with Gasteiger partial charge in [-0.15, -0.1) is 0 Å². The molecule has 0 unspecified atom stereocenters. The molecule has 2 aliphatic rings. The molecule has 4 heteroatoms. The van der Waals surface area contributed by atoms with E-state index in [0.29, 0.717) is 32.2 Å². The Bertz CT molecular complexity index is 450. The monoisotopic (exact) mass is 263 g/mol. The minimum Gasteiger partial charge on any atom is -0.378 e. The third kappa shape index (κ3) is 2.78. The van der Waals surface area contributed by atoms with E-state index in [0.717, 1.165) is 18.4 Å². The Balaban J connectivity index is 1.80. The fourth-order valence-electron chi connectivity index (χ4n) is 2.70. The van der Waals surface area contributed by atoms with Crippen LogP contribution in [0.3, 0.4) is 0 Å². The van der Waals surface area contributed by atoms with Gasteiger partial charge < -0.3 is 9.64 Å². The lowest BCUT2D eigenvalue weighted by Gasteiger charge is -2.30. The predicted molar refractivity (Wildman–Crippen MR) is 69.3 cm³/mol. The average Bonchev–Trinajstić information content (AvgIpc) is 3.27. The molecule has 0 spiro atoms. The summed E-state index contributed by atoms with van der Waals surface area (Å²) in [6, 6.07) is 6.38. The van der Waals surface area contributed by atoms with E-state index in [-0.39, 0.29) is 17.6 Å². The number of carbonyl (C=O) groups is 1. The minimum absolute atomic E-state index is 0.0984. The molecule has 0 bridgehead atoms. The fraction of sp³-hybridized carbons (Fsp3) is 0.533. The summed E-state index contributed by atoms with van der Waals surface area (Å²) in [5.41, 5.74) is 0.945. The summed E-state index contributed by atoms with van der Waals surface area (Å²) in [4.78, 5) is 14.5. The quantitative estimate of drug-likeness (QED) is 0.836. The lowest BCUT2D eigenvalue weighted by Crippen LogP contribution is -2.43. The normalized spacial score (nSPS) is 21.2.